The molecular formula is C25H20Cl2N2O5S. The van der Waals surface area contributed by atoms with E-state index in [-0.39, 0.29) is 45.0 Å². The van der Waals surface area contributed by atoms with Gasteiger partial charge >= 0.3 is 5.91 Å². The Morgan fingerprint density at radius 2 is 1.66 bits per heavy atom. The SMILES string of the molecule is CN(c1ccccc1C#CC(=O)NOCC(=O)Cc1ccccc1)S(=O)(=O)c1cccc(Cl)c1Cl. The second kappa shape index (κ2) is 11.9. The van der Waals surface area contributed by atoms with Gasteiger partial charge in [-0.25, -0.2) is 13.9 Å². The molecule has 0 spiro atoms. The quantitative estimate of drug-likeness (QED) is 0.350. The predicted octanol–water partition coefficient (Wildman–Crippen LogP) is 4.03. The predicted molar refractivity (Wildman–Crippen MR) is 135 cm³/mol. The first-order chi connectivity index (χ1) is 16.7. The molecule has 0 heterocycles. The highest BCUT2D eigenvalue weighted by molar-refractivity contribution is 7.93. The largest absolute Gasteiger partial charge is 0.319 e. The molecule has 180 valence electrons. The number of sulfonamides is 1. The molecule has 3 aromatic rings. The minimum atomic E-state index is -4.07. The summed E-state index contributed by atoms with van der Waals surface area (Å²) in [5, 5.41) is 0.0102. The molecule has 0 aromatic heterocycles. The van der Waals surface area contributed by atoms with Gasteiger partial charge in [0.15, 0.2) is 5.78 Å². The Kier molecular flexibility index (Phi) is 8.90. The molecule has 35 heavy (non-hydrogen) atoms. The maximum atomic E-state index is 13.1. The lowest BCUT2D eigenvalue weighted by atomic mass is 10.1. The van der Waals surface area contributed by atoms with Crippen molar-refractivity contribution in [3.05, 3.63) is 94.0 Å². The summed E-state index contributed by atoms with van der Waals surface area (Å²) in [5.41, 5.74) is 3.42. The van der Waals surface area contributed by atoms with Crippen molar-refractivity contribution in [2.45, 2.75) is 11.3 Å². The van der Waals surface area contributed by atoms with Gasteiger partial charge in [-0.3, -0.25) is 18.7 Å². The number of hydrogen-bond donors (Lipinski definition) is 1. The number of benzene rings is 3. The second-order valence-corrected chi connectivity index (χ2v) is 9.94. The van der Waals surface area contributed by atoms with Crippen molar-refractivity contribution in [2.24, 2.45) is 0 Å². The van der Waals surface area contributed by atoms with Crippen LogP contribution < -0.4 is 9.79 Å². The van der Waals surface area contributed by atoms with Crippen molar-refractivity contribution < 1.29 is 22.8 Å². The lowest BCUT2D eigenvalue weighted by molar-refractivity contribution is -0.134. The summed E-state index contributed by atoms with van der Waals surface area (Å²) in [6.45, 7) is -0.319. The molecule has 1 amide bonds. The Morgan fingerprint density at radius 1 is 0.971 bits per heavy atom. The lowest BCUT2D eigenvalue weighted by Crippen LogP contribution is -2.27. The topological polar surface area (TPSA) is 92.8 Å². The minimum Gasteiger partial charge on any atom is -0.297 e. The molecule has 0 fully saturated rings. The van der Waals surface area contributed by atoms with E-state index in [1.807, 2.05) is 30.3 Å². The molecule has 0 aliphatic rings. The van der Waals surface area contributed by atoms with Crippen LogP contribution in [0.2, 0.25) is 10.0 Å². The van der Waals surface area contributed by atoms with Crippen LogP contribution in [0.15, 0.2) is 77.7 Å². The van der Waals surface area contributed by atoms with Crippen molar-refractivity contribution in [1.29, 1.82) is 0 Å². The van der Waals surface area contributed by atoms with E-state index in [2.05, 4.69) is 17.3 Å². The number of para-hydroxylation sites is 1. The fourth-order valence-corrected chi connectivity index (χ4v) is 4.97. The Bertz CT molecular complexity index is 1400. The molecule has 10 heteroatoms. The number of anilines is 1. The van der Waals surface area contributed by atoms with Crippen LogP contribution >= 0.6 is 23.2 Å². The number of rotatable bonds is 8. The van der Waals surface area contributed by atoms with Crippen molar-refractivity contribution in [3.63, 3.8) is 0 Å². The van der Waals surface area contributed by atoms with Gasteiger partial charge in [0.25, 0.3) is 10.0 Å². The van der Waals surface area contributed by atoms with Gasteiger partial charge in [0.1, 0.15) is 11.5 Å². The van der Waals surface area contributed by atoms with E-state index in [0.717, 1.165) is 9.87 Å². The number of carbonyl (C=O) groups excluding carboxylic acids is 2. The van der Waals surface area contributed by atoms with Crippen LogP contribution in [0.1, 0.15) is 11.1 Å². The van der Waals surface area contributed by atoms with Gasteiger partial charge in [-0.05, 0) is 29.8 Å². The molecule has 3 aromatic carbocycles. The number of halogens is 2. The fourth-order valence-electron chi connectivity index (χ4n) is 3.02. The standard InChI is InChI=1S/C25H20Cl2N2O5S/c1-29(35(32,33)23-13-7-11-21(26)25(23)27)22-12-6-5-10-19(22)14-15-24(31)28-34-17-20(30)16-18-8-3-2-4-9-18/h2-13H,16-17H2,1H3,(H,28,31). The molecule has 0 unspecified atom stereocenters. The third-order valence-corrected chi connectivity index (χ3v) is 7.50. The highest BCUT2D eigenvalue weighted by Crippen LogP contribution is 2.33. The molecular weight excluding hydrogens is 511 g/mol. The average Bonchev–Trinajstić information content (AvgIpc) is 2.84. The van der Waals surface area contributed by atoms with Gasteiger partial charge in [-0.2, -0.15) is 0 Å². The van der Waals surface area contributed by atoms with E-state index in [9.17, 15) is 18.0 Å². The van der Waals surface area contributed by atoms with Gasteiger partial charge in [0.05, 0.1) is 15.7 Å². The van der Waals surface area contributed by atoms with Gasteiger partial charge in [0.2, 0.25) is 0 Å². The maximum Gasteiger partial charge on any atom is 0.319 e. The van der Waals surface area contributed by atoms with E-state index in [1.165, 1.54) is 31.3 Å². The van der Waals surface area contributed by atoms with Gasteiger partial charge in [-0.1, -0.05) is 77.7 Å². The van der Waals surface area contributed by atoms with Crippen molar-refractivity contribution in [2.75, 3.05) is 18.0 Å². The number of hydroxylamine groups is 1. The minimum absolute atomic E-state index is 0.0945. The molecule has 0 radical (unpaired) electrons. The van der Waals surface area contributed by atoms with Gasteiger partial charge < -0.3 is 0 Å². The smallest absolute Gasteiger partial charge is 0.297 e. The first-order valence-electron chi connectivity index (χ1n) is 10.2. The zero-order valence-electron chi connectivity index (χ0n) is 18.5. The average molecular weight is 531 g/mol. The third kappa shape index (κ3) is 6.84. The molecule has 0 atom stereocenters. The third-order valence-electron chi connectivity index (χ3n) is 4.75. The normalized spacial score (nSPS) is 10.7. The zero-order valence-corrected chi connectivity index (χ0v) is 20.8. The Morgan fingerprint density at radius 3 is 2.40 bits per heavy atom. The van der Waals surface area contributed by atoms with E-state index in [1.54, 1.807) is 18.2 Å². The summed E-state index contributed by atoms with van der Waals surface area (Å²) in [7, 11) is -2.73. The van der Waals surface area contributed by atoms with E-state index in [0.29, 0.717) is 0 Å². The molecule has 0 saturated carbocycles. The Labute approximate surface area is 213 Å². The number of Topliss-reactive ketones (excluding diaryl/α,β-unsaturated/α-hetero) is 1. The lowest BCUT2D eigenvalue weighted by Gasteiger charge is -2.21. The Hall–Kier alpha value is -3.35. The first kappa shape index (κ1) is 26.3. The van der Waals surface area contributed by atoms with Gasteiger partial charge in [0, 0.05) is 25.0 Å². The zero-order chi connectivity index (χ0) is 25.4. The Balaban J connectivity index is 1.67. The van der Waals surface area contributed by atoms with Crippen LogP contribution in [0.25, 0.3) is 0 Å². The summed E-state index contributed by atoms with van der Waals surface area (Å²) >= 11 is 12.1. The summed E-state index contributed by atoms with van der Waals surface area (Å²) in [6.07, 6.45) is 0.174. The maximum absolute atomic E-state index is 13.1. The first-order valence-corrected chi connectivity index (χ1v) is 12.4. The van der Waals surface area contributed by atoms with Crippen LogP contribution in [0.5, 0.6) is 0 Å². The number of hydrogen-bond acceptors (Lipinski definition) is 5. The van der Waals surface area contributed by atoms with E-state index >= 15 is 0 Å². The summed E-state index contributed by atoms with van der Waals surface area (Å²) in [5.74, 6) is 3.94. The number of carbonyl (C=O) groups is 2. The van der Waals surface area contributed by atoms with E-state index in [4.69, 9.17) is 28.0 Å². The second-order valence-electron chi connectivity index (χ2n) is 7.21. The molecule has 0 bridgehead atoms. The van der Waals surface area contributed by atoms with Gasteiger partial charge in [-0.15, -0.1) is 0 Å². The number of ketones is 1. The van der Waals surface area contributed by atoms with Crippen LogP contribution in [0.3, 0.4) is 0 Å². The molecule has 0 saturated heterocycles. The summed E-state index contributed by atoms with van der Waals surface area (Å²) in [6, 6.07) is 19.8. The molecule has 3 rings (SSSR count). The van der Waals surface area contributed by atoms with Crippen LogP contribution in [0, 0.1) is 11.8 Å². The highest BCUT2D eigenvalue weighted by Gasteiger charge is 2.26. The molecule has 0 aliphatic carbocycles. The molecule has 0 aliphatic heterocycles. The highest BCUT2D eigenvalue weighted by atomic mass is 35.5. The van der Waals surface area contributed by atoms with E-state index < -0.39 is 15.9 Å². The van der Waals surface area contributed by atoms with Crippen molar-refractivity contribution in [1.82, 2.24) is 5.48 Å². The number of nitrogens with zero attached hydrogens (tertiary/aromatic N) is 1. The summed E-state index contributed by atoms with van der Waals surface area (Å²) in [4.78, 5) is 28.8. The molecule has 1 N–H and O–H groups in total. The molecule has 7 nitrogen and oxygen atoms in total. The monoisotopic (exact) mass is 530 g/mol. The fraction of sp³-hybridized carbons (Fsp3) is 0.120. The number of amides is 1. The van der Waals surface area contributed by atoms with Crippen molar-refractivity contribution >= 4 is 50.6 Å². The number of nitrogens with one attached hydrogen (secondary N) is 1. The van der Waals surface area contributed by atoms with Crippen LogP contribution in [-0.4, -0.2) is 33.8 Å². The summed E-state index contributed by atoms with van der Waals surface area (Å²) < 4.78 is 27.3. The van der Waals surface area contributed by atoms with Crippen LogP contribution in [-0.2, 0) is 30.9 Å². The van der Waals surface area contributed by atoms with Crippen LogP contribution in [0.4, 0.5) is 5.69 Å². The van der Waals surface area contributed by atoms with Crippen molar-refractivity contribution in [3.8, 4) is 11.8 Å².